The van der Waals surface area contributed by atoms with Crippen molar-refractivity contribution in [3.63, 3.8) is 0 Å². The molecule has 1 aliphatic carbocycles. The molecule has 1 unspecified atom stereocenters. The summed E-state index contributed by atoms with van der Waals surface area (Å²) in [6.45, 7) is 2.66. The number of rotatable bonds is 3. The molecule has 1 heterocycles. The molecule has 1 atom stereocenters. The molecule has 1 saturated heterocycles. The van der Waals surface area contributed by atoms with E-state index in [1.54, 1.807) is 0 Å². The van der Waals surface area contributed by atoms with E-state index in [-0.39, 0.29) is 5.78 Å². The standard InChI is InChI=1S/C17H22O2/c1-17(10-2-3-11-19-17)16(18)15-9-5-8-14(12-15)13-6-4-7-13/h5,8-9,12-13H,2-4,6-7,10-11H2,1H3. The average Bonchev–Trinajstić information content (AvgIpc) is 2.37. The van der Waals surface area contributed by atoms with E-state index < -0.39 is 5.60 Å². The Morgan fingerprint density at radius 1 is 1.26 bits per heavy atom. The van der Waals surface area contributed by atoms with Crippen molar-refractivity contribution in [1.29, 1.82) is 0 Å². The first-order chi connectivity index (χ1) is 9.19. The van der Waals surface area contributed by atoms with Gasteiger partial charge in [0.15, 0.2) is 5.78 Å². The highest BCUT2D eigenvalue weighted by molar-refractivity contribution is 6.02. The highest BCUT2D eigenvalue weighted by Crippen LogP contribution is 2.37. The number of benzene rings is 1. The molecule has 2 aliphatic rings. The minimum absolute atomic E-state index is 0.161. The Bertz CT molecular complexity index is 468. The van der Waals surface area contributed by atoms with Crippen molar-refractivity contribution in [1.82, 2.24) is 0 Å². The third kappa shape index (κ3) is 2.46. The number of hydrogen-bond donors (Lipinski definition) is 0. The second-order valence-electron chi connectivity index (χ2n) is 6.12. The molecule has 2 heteroatoms. The van der Waals surface area contributed by atoms with Crippen molar-refractivity contribution in [3.8, 4) is 0 Å². The van der Waals surface area contributed by atoms with Crippen LogP contribution in [0.1, 0.15) is 67.3 Å². The van der Waals surface area contributed by atoms with Gasteiger partial charge in [0.2, 0.25) is 0 Å². The topological polar surface area (TPSA) is 26.3 Å². The first kappa shape index (κ1) is 12.9. The fourth-order valence-corrected chi connectivity index (χ4v) is 3.09. The summed E-state index contributed by atoms with van der Waals surface area (Å²) in [7, 11) is 0. The molecule has 1 aromatic carbocycles. The van der Waals surface area contributed by atoms with Crippen LogP contribution < -0.4 is 0 Å². The van der Waals surface area contributed by atoms with Gasteiger partial charge >= 0.3 is 0 Å². The molecular weight excluding hydrogens is 236 g/mol. The lowest BCUT2D eigenvalue weighted by Gasteiger charge is -2.33. The van der Waals surface area contributed by atoms with Crippen LogP contribution in [0, 0.1) is 0 Å². The van der Waals surface area contributed by atoms with Crippen LogP contribution in [0.15, 0.2) is 24.3 Å². The molecule has 0 N–H and O–H groups in total. The minimum atomic E-state index is -0.601. The predicted octanol–water partition coefficient (Wildman–Crippen LogP) is 4.10. The lowest BCUT2D eigenvalue weighted by atomic mass is 9.79. The summed E-state index contributed by atoms with van der Waals surface area (Å²) in [6.07, 6.45) is 6.87. The molecule has 0 bridgehead atoms. The van der Waals surface area contributed by atoms with Gasteiger partial charge in [-0.25, -0.2) is 0 Å². The predicted molar refractivity (Wildman–Crippen MR) is 75.6 cm³/mol. The van der Waals surface area contributed by atoms with Gasteiger partial charge in [-0.3, -0.25) is 4.79 Å². The van der Waals surface area contributed by atoms with Gasteiger partial charge in [-0.15, -0.1) is 0 Å². The summed E-state index contributed by atoms with van der Waals surface area (Å²) in [5.41, 5.74) is 1.56. The van der Waals surface area contributed by atoms with Gasteiger partial charge in [0.05, 0.1) is 0 Å². The first-order valence-electron chi connectivity index (χ1n) is 7.48. The molecule has 3 rings (SSSR count). The van der Waals surface area contributed by atoms with Gasteiger partial charge in [0, 0.05) is 12.2 Å². The quantitative estimate of drug-likeness (QED) is 0.763. The fourth-order valence-electron chi connectivity index (χ4n) is 3.09. The lowest BCUT2D eigenvalue weighted by Crippen LogP contribution is -2.41. The van der Waals surface area contributed by atoms with E-state index in [1.165, 1.54) is 24.8 Å². The zero-order valence-corrected chi connectivity index (χ0v) is 11.7. The number of hydrogen-bond acceptors (Lipinski definition) is 2. The van der Waals surface area contributed by atoms with E-state index in [4.69, 9.17) is 4.74 Å². The Morgan fingerprint density at radius 2 is 2.11 bits per heavy atom. The summed E-state index contributed by atoms with van der Waals surface area (Å²) in [5.74, 6) is 0.834. The Kier molecular flexibility index (Phi) is 3.44. The maximum Gasteiger partial charge on any atom is 0.194 e. The highest BCUT2D eigenvalue weighted by atomic mass is 16.5. The summed E-state index contributed by atoms with van der Waals surface area (Å²) in [5, 5.41) is 0. The zero-order chi connectivity index (χ0) is 13.3. The maximum atomic E-state index is 12.7. The van der Waals surface area contributed by atoms with E-state index >= 15 is 0 Å². The molecule has 0 radical (unpaired) electrons. The number of carbonyl (C=O) groups is 1. The molecule has 0 amide bonds. The van der Waals surface area contributed by atoms with Crippen LogP contribution in [0.25, 0.3) is 0 Å². The lowest BCUT2D eigenvalue weighted by molar-refractivity contribution is -0.0426. The van der Waals surface area contributed by atoms with E-state index in [0.29, 0.717) is 12.5 Å². The van der Waals surface area contributed by atoms with E-state index in [0.717, 1.165) is 24.8 Å². The Morgan fingerprint density at radius 3 is 2.74 bits per heavy atom. The second-order valence-corrected chi connectivity index (χ2v) is 6.12. The molecule has 0 spiro atoms. The first-order valence-corrected chi connectivity index (χ1v) is 7.48. The van der Waals surface area contributed by atoms with Gasteiger partial charge in [0.1, 0.15) is 5.60 Å². The number of carbonyl (C=O) groups excluding carboxylic acids is 1. The molecule has 2 fully saturated rings. The summed E-state index contributed by atoms with van der Waals surface area (Å²) in [4.78, 5) is 12.7. The van der Waals surface area contributed by atoms with Gasteiger partial charge in [-0.1, -0.05) is 24.6 Å². The SMILES string of the molecule is CC1(C(=O)c2cccc(C3CCC3)c2)CCCCO1. The summed E-state index contributed by atoms with van der Waals surface area (Å²) < 4.78 is 5.77. The van der Waals surface area contributed by atoms with Crippen molar-refractivity contribution < 1.29 is 9.53 Å². The van der Waals surface area contributed by atoms with Gasteiger partial charge in [-0.05, 0) is 56.6 Å². The van der Waals surface area contributed by atoms with Crippen molar-refractivity contribution in [2.75, 3.05) is 6.61 Å². The maximum absolute atomic E-state index is 12.7. The van der Waals surface area contributed by atoms with Crippen molar-refractivity contribution in [3.05, 3.63) is 35.4 Å². The monoisotopic (exact) mass is 258 g/mol. The van der Waals surface area contributed by atoms with Gasteiger partial charge in [-0.2, -0.15) is 0 Å². The van der Waals surface area contributed by atoms with Gasteiger partial charge < -0.3 is 4.74 Å². The van der Waals surface area contributed by atoms with Crippen molar-refractivity contribution in [2.24, 2.45) is 0 Å². The number of Topliss-reactive ketones (excluding diaryl/α,β-unsaturated/α-hetero) is 1. The van der Waals surface area contributed by atoms with Crippen molar-refractivity contribution in [2.45, 2.75) is 57.0 Å². The molecule has 102 valence electrons. The molecular formula is C17H22O2. The molecule has 1 saturated carbocycles. The van der Waals surface area contributed by atoms with Crippen LogP contribution in [0.3, 0.4) is 0 Å². The highest BCUT2D eigenvalue weighted by Gasteiger charge is 2.36. The third-order valence-corrected chi connectivity index (χ3v) is 4.67. The van der Waals surface area contributed by atoms with E-state index in [9.17, 15) is 4.79 Å². The Hall–Kier alpha value is -1.15. The second kappa shape index (κ2) is 5.09. The summed E-state index contributed by atoms with van der Waals surface area (Å²) >= 11 is 0. The Labute approximate surface area is 115 Å². The van der Waals surface area contributed by atoms with E-state index in [1.807, 2.05) is 19.1 Å². The van der Waals surface area contributed by atoms with Crippen LogP contribution >= 0.6 is 0 Å². The minimum Gasteiger partial charge on any atom is -0.367 e. The summed E-state index contributed by atoms with van der Waals surface area (Å²) in [6, 6.07) is 8.21. The number of ketones is 1. The largest absolute Gasteiger partial charge is 0.367 e. The normalized spacial score (nSPS) is 27.8. The Balaban J connectivity index is 1.82. The van der Waals surface area contributed by atoms with Crippen LogP contribution in [0.2, 0.25) is 0 Å². The van der Waals surface area contributed by atoms with Crippen LogP contribution in [0.5, 0.6) is 0 Å². The molecule has 0 aromatic heterocycles. The average molecular weight is 258 g/mol. The van der Waals surface area contributed by atoms with Crippen LogP contribution in [-0.2, 0) is 4.74 Å². The van der Waals surface area contributed by atoms with E-state index in [2.05, 4.69) is 12.1 Å². The third-order valence-electron chi connectivity index (χ3n) is 4.67. The molecule has 1 aliphatic heterocycles. The van der Waals surface area contributed by atoms with Crippen LogP contribution in [-0.4, -0.2) is 18.0 Å². The van der Waals surface area contributed by atoms with Crippen molar-refractivity contribution >= 4 is 5.78 Å². The fraction of sp³-hybridized carbons (Fsp3) is 0.588. The molecule has 1 aromatic rings. The smallest absolute Gasteiger partial charge is 0.194 e. The number of ether oxygens (including phenoxy) is 1. The van der Waals surface area contributed by atoms with Crippen LogP contribution in [0.4, 0.5) is 0 Å². The molecule has 2 nitrogen and oxygen atoms in total. The zero-order valence-electron chi connectivity index (χ0n) is 11.7. The van der Waals surface area contributed by atoms with Gasteiger partial charge in [0.25, 0.3) is 0 Å². The molecule has 19 heavy (non-hydrogen) atoms.